The fourth-order valence-corrected chi connectivity index (χ4v) is 1.64. The first kappa shape index (κ1) is 11.7. The van der Waals surface area contributed by atoms with E-state index in [0.717, 1.165) is 0 Å². The van der Waals surface area contributed by atoms with Crippen molar-refractivity contribution < 1.29 is 9.18 Å². The van der Waals surface area contributed by atoms with Gasteiger partial charge in [-0.2, -0.15) is 5.26 Å². The maximum Gasteiger partial charge on any atom is 0.238 e. The third-order valence-electron chi connectivity index (χ3n) is 1.73. The number of nitriles is 1. The van der Waals surface area contributed by atoms with E-state index in [-0.39, 0.29) is 16.7 Å². The van der Waals surface area contributed by atoms with Crippen molar-refractivity contribution in [3.63, 3.8) is 0 Å². The number of amides is 1. The molecule has 0 heterocycles. The normalized spacial score (nSPS) is 9.47. The highest BCUT2D eigenvalue weighted by Crippen LogP contribution is 2.23. The smallest absolute Gasteiger partial charge is 0.238 e. The van der Waals surface area contributed by atoms with Gasteiger partial charge in [-0.25, -0.2) is 4.39 Å². The standard InChI is InChI=1S/C10H8BrFN2O/c1-6-4-7(5-8(11)10(6)12)14-9(15)2-3-13/h4-5H,2H2,1H3,(H,14,15). The highest BCUT2D eigenvalue weighted by molar-refractivity contribution is 9.10. The third-order valence-corrected chi connectivity index (χ3v) is 2.31. The number of hydrogen-bond donors (Lipinski definition) is 1. The molecule has 0 unspecified atom stereocenters. The molecule has 78 valence electrons. The van der Waals surface area contributed by atoms with Crippen molar-refractivity contribution in [2.24, 2.45) is 0 Å². The first-order valence-corrected chi connectivity index (χ1v) is 4.96. The summed E-state index contributed by atoms with van der Waals surface area (Å²) in [4.78, 5) is 11.1. The van der Waals surface area contributed by atoms with Crippen LogP contribution in [-0.4, -0.2) is 5.91 Å². The van der Waals surface area contributed by atoms with Gasteiger partial charge < -0.3 is 5.32 Å². The summed E-state index contributed by atoms with van der Waals surface area (Å²) in [6, 6.07) is 4.70. The Labute approximate surface area is 95.0 Å². The van der Waals surface area contributed by atoms with Gasteiger partial charge in [-0.05, 0) is 40.5 Å². The second kappa shape index (κ2) is 4.89. The Hall–Kier alpha value is -1.41. The van der Waals surface area contributed by atoms with E-state index in [2.05, 4.69) is 21.2 Å². The number of hydrogen-bond acceptors (Lipinski definition) is 2. The van der Waals surface area contributed by atoms with Crippen molar-refractivity contribution in [1.82, 2.24) is 0 Å². The molecule has 0 bridgehead atoms. The molecule has 1 N–H and O–H groups in total. The topological polar surface area (TPSA) is 52.9 Å². The molecule has 0 atom stereocenters. The molecule has 0 aromatic heterocycles. The lowest BCUT2D eigenvalue weighted by Gasteiger charge is -2.06. The SMILES string of the molecule is Cc1cc(NC(=O)CC#N)cc(Br)c1F. The number of benzene rings is 1. The molecule has 5 heteroatoms. The van der Waals surface area contributed by atoms with Crippen LogP contribution >= 0.6 is 15.9 Å². The Kier molecular flexibility index (Phi) is 3.81. The Morgan fingerprint density at radius 2 is 2.33 bits per heavy atom. The number of anilines is 1. The molecule has 1 rings (SSSR count). The first-order chi connectivity index (χ1) is 7.04. The van der Waals surface area contributed by atoms with Crippen LogP contribution in [0.4, 0.5) is 10.1 Å². The van der Waals surface area contributed by atoms with Crippen molar-refractivity contribution in [3.8, 4) is 6.07 Å². The van der Waals surface area contributed by atoms with Gasteiger partial charge in [0.15, 0.2) is 0 Å². The lowest BCUT2D eigenvalue weighted by atomic mass is 10.2. The molecule has 0 aliphatic rings. The zero-order valence-electron chi connectivity index (χ0n) is 7.97. The fraction of sp³-hybridized carbons (Fsp3) is 0.200. The van der Waals surface area contributed by atoms with Crippen LogP contribution in [0.5, 0.6) is 0 Å². The second-order valence-electron chi connectivity index (χ2n) is 2.97. The summed E-state index contributed by atoms with van der Waals surface area (Å²) in [6.45, 7) is 1.60. The van der Waals surface area contributed by atoms with Gasteiger partial charge in [0.25, 0.3) is 0 Å². The third kappa shape index (κ3) is 3.03. The van der Waals surface area contributed by atoms with Crippen LogP contribution in [0.15, 0.2) is 16.6 Å². The lowest BCUT2D eigenvalue weighted by molar-refractivity contribution is -0.115. The summed E-state index contributed by atoms with van der Waals surface area (Å²) in [7, 11) is 0. The van der Waals surface area contributed by atoms with Gasteiger partial charge in [0, 0.05) is 5.69 Å². The van der Waals surface area contributed by atoms with E-state index in [9.17, 15) is 9.18 Å². The molecule has 0 spiro atoms. The van der Waals surface area contributed by atoms with Gasteiger partial charge in [0.1, 0.15) is 12.2 Å². The zero-order chi connectivity index (χ0) is 11.4. The Morgan fingerprint density at radius 1 is 1.67 bits per heavy atom. The predicted molar refractivity (Wildman–Crippen MR) is 57.7 cm³/mol. The minimum absolute atomic E-state index is 0.214. The molecule has 0 fully saturated rings. The van der Waals surface area contributed by atoms with Gasteiger partial charge in [-0.3, -0.25) is 4.79 Å². The number of rotatable bonds is 2. The van der Waals surface area contributed by atoms with Crippen LogP contribution in [0.1, 0.15) is 12.0 Å². The van der Waals surface area contributed by atoms with Gasteiger partial charge >= 0.3 is 0 Å². The highest BCUT2D eigenvalue weighted by Gasteiger charge is 2.07. The van der Waals surface area contributed by atoms with E-state index >= 15 is 0 Å². The van der Waals surface area contributed by atoms with Crippen molar-refractivity contribution in [2.45, 2.75) is 13.3 Å². The number of nitrogens with one attached hydrogen (secondary N) is 1. The molecule has 0 aliphatic carbocycles. The van der Waals surface area contributed by atoms with Gasteiger partial charge in [0.2, 0.25) is 5.91 Å². The summed E-state index contributed by atoms with van der Waals surface area (Å²) >= 11 is 3.03. The number of carbonyl (C=O) groups excluding carboxylic acids is 1. The van der Waals surface area contributed by atoms with Crippen LogP contribution in [0.2, 0.25) is 0 Å². The minimum atomic E-state index is -0.407. The summed E-state index contributed by atoms with van der Waals surface area (Å²) in [6.07, 6.45) is -0.214. The van der Waals surface area contributed by atoms with Gasteiger partial charge in [-0.15, -0.1) is 0 Å². The average Bonchev–Trinajstić information content (AvgIpc) is 2.14. The monoisotopic (exact) mass is 270 g/mol. The fourth-order valence-electron chi connectivity index (χ4n) is 1.08. The molecule has 3 nitrogen and oxygen atoms in total. The van der Waals surface area contributed by atoms with Crippen LogP contribution in [-0.2, 0) is 4.79 Å². The molecule has 0 saturated carbocycles. The zero-order valence-corrected chi connectivity index (χ0v) is 9.56. The number of halogens is 2. The molecule has 1 aromatic carbocycles. The van der Waals surface area contributed by atoms with E-state index < -0.39 is 5.91 Å². The van der Waals surface area contributed by atoms with Crippen molar-refractivity contribution in [2.75, 3.05) is 5.32 Å². The van der Waals surface area contributed by atoms with Crippen molar-refractivity contribution in [1.29, 1.82) is 5.26 Å². The van der Waals surface area contributed by atoms with Gasteiger partial charge in [0.05, 0.1) is 10.5 Å². The summed E-state index contributed by atoms with van der Waals surface area (Å²) in [5, 5.41) is 10.8. The molecule has 0 aliphatic heterocycles. The average molecular weight is 271 g/mol. The maximum atomic E-state index is 13.2. The summed E-state index contributed by atoms with van der Waals surface area (Å²) in [5.74, 6) is -0.760. The molecule has 1 aromatic rings. The molecule has 1 amide bonds. The Balaban J connectivity index is 2.89. The molecule has 0 saturated heterocycles. The summed E-state index contributed by atoms with van der Waals surface area (Å²) in [5.41, 5.74) is 0.901. The molecular formula is C10H8BrFN2O. The number of aryl methyl sites for hydroxylation is 1. The molecular weight excluding hydrogens is 263 g/mol. The number of nitrogens with zero attached hydrogens (tertiary/aromatic N) is 1. The van der Waals surface area contributed by atoms with E-state index in [1.165, 1.54) is 12.1 Å². The van der Waals surface area contributed by atoms with Crippen molar-refractivity contribution in [3.05, 3.63) is 28.0 Å². The molecule has 15 heavy (non-hydrogen) atoms. The Bertz CT molecular complexity index is 417. The van der Waals surface area contributed by atoms with E-state index in [1.54, 1.807) is 13.0 Å². The van der Waals surface area contributed by atoms with Crippen LogP contribution in [0.25, 0.3) is 0 Å². The van der Waals surface area contributed by atoms with E-state index in [0.29, 0.717) is 11.3 Å². The molecule has 0 radical (unpaired) electrons. The van der Waals surface area contributed by atoms with Crippen LogP contribution in [0.3, 0.4) is 0 Å². The highest BCUT2D eigenvalue weighted by atomic mass is 79.9. The maximum absolute atomic E-state index is 13.2. The van der Waals surface area contributed by atoms with Crippen LogP contribution in [0, 0.1) is 24.1 Å². The summed E-state index contributed by atoms with van der Waals surface area (Å²) < 4.78 is 13.5. The Morgan fingerprint density at radius 3 is 2.87 bits per heavy atom. The largest absolute Gasteiger partial charge is 0.325 e. The van der Waals surface area contributed by atoms with E-state index in [1.807, 2.05) is 0 Å². The second-order valence-corrected chi connectivity index (χ2v) is 3.83. The lowest BCUT2D eigenvalue weighted by Crippen LogP contribution is -2.10. The first-order valence-electron chi connectivity index (χ1n) is 4.17. The van der Waals surface area contributed by atoms with Crippen molar-refractivity contribution >= 4 is 27.5 Å². The van der Waals surface area contributed by atoms with Crippen LogP contribution < -0.4 is 5.32 Å². The van der Waals surface area contributed by atoms with E-state index in [4.69, 9.17) is 5.26 Å². The van der Waals surface area contributed by atoms with Gasteiger partial charge in [-0.1, -0.05) is 0 Å². The quantitative estimate of drug-likeness (QED) is 0.899. The number of carbonyl (C=O) groups is 1. The predicted octanol–water partition coefficient (Wildman–Crippen LogP) is 2.75. The minimum Gasteiger partial charge on any atom is -0.325 e.